The molecule has 0 atom stereocenters. The molecular weight excluding hydrogens is 337 g/mol. The standard InChI is InChI=1S/C9H14N.2C4H10N.Zr/c1-10-8-4-7-9-5-2-3-6-9;2*1-3-5-4-2;/h2-3,5-6,9H,4,7-8H2,1H3;2*3-4H2,1-2H3;/q3*-1;+3. The third-order valence-electron chi connectivity index (χ3n) is 2.64. The summed E-state index contributed by atoms with van der Waals surface area (Å²) < 4.78 is 0. The van der Waals surface area contributed by atoms with Crippen molar-refractivity contribution < 1.29 is 26.2 Å². The molecule has 0 spiro atoms. The fourth-order valence-electron chi connectivity index (χ4n) is 1.60. The van der Waals surface area contributed by atoms with E-state index in [2.05, 4.69) is 40.3 Å². The summed E-state index contributed by atoms with van der Waals surface area (Å²) in [6.07, 6.45) is 11.2. The first kappa shape index (κ1) is 26.2. The van der Waals surface area contributed by atoms with Crippen molar-refractivity contribution in [2.75, 3.05) is 39.8 Å². The normalized spacial score (nSPS) is 12.0. The maximum Gasteiger partial charge on any atom is 3.00 e. The summed E-state index contributed by atoms with van der Waals surface area (Å²) in [5.74, 6) is 0.696. The monoisotopic (exact) mass is 370 g/mol. The second-order valence-electron chi connectivity index (χ2n) is 4.33. The molecule has 1 aliphatic carbocycles. The van der Waals surface area contributed by atoms with Crippen LogP contribution in [0.25, 0.3) is 16.0 Å². The van der Waals surface area contributed by atoms with E-state index in [1.807, 2.05) is 34.7 Å². The molecule has 0 heterocycles. The molecule has 4 heteroatoms. The Labute approximate surface area is 152 Å². The van der Waals surface area contributed by atoms with Crippen LogP contribution in [0, 0.1) is 5.92 Å². The molecule has 0 bridgehead atoms. The maximum absolute atomic E-state index is 4.05. The topological polar surface area (TPSA) is 42.3 Å². The molecule has 0 fully saturated rings. The number of hydrogen-bond donors (Lipinski definition) is 0. The molecule has 3 nitrogen and oxygen atoms in total. The summed E-state index contributed by atoms with van der Waals surface area (Å²) in [6, 6.07) is 0. The van der Waals surface area contributed by atoms with E-state index in [9.17, 15) is 0 Å². The Morgan fingerprint density at radius 1 is 0.810 bits per heavy atom. The van der Waals surface area contributed by atoms with Crippen molar-refractivity contribution in [1.29, 1.82) is 0 Å². The Bertz CT molecular complexity index is 196. The molecule has 0 aromatic carbocycles. The molecule has 1 radical (unpaired) electrons. The number of allylic oxidation sites excluding steroid dienone is 4. The second-order valence-corrected chi connectivity index (χ2v) is 4.33. The number of nitrogens with zero attached hydrogens (tertiary/aromatic N) is 3. The minimum atomic E-state index is 0. The minimum absolute atomic E-state index is 0. The molecule has 0 aromatic heterocycles. The van der Waals surface area contributed by atoms with Crippen molar-refractivity contribution in [3.8, 4) is 0 Å². The number of rotatable bonds is 8. The van der Waals surface area contributed by atoms with Gasteiger partial charge in [0.1, 0.15) is 0 Å². The molecule has 0 saturated heterocycles. The summed E-state index contributed by atoms with van der Waals surface area (Å²) >= 11 is 0. The average Bonchev–Trinajstić information content (AvgIpc) is 2.96. The molecule has 0 aliphatic heterocycles. The van der Waals surface area contributed by atoms with Gasteiger partial charge in [-0.2, -0.15) is 33.2 Å². The molecule has 0 N–H and O–H groups in total. The van der Waals surface area contributed by atoms with Crippen LogP contribution in [-0.2, 0) is 26.2 Å². The summed E-state index contributed by atoms with van der Waals surface area (Å²) in [5.41, 5.74) is 0. The fourth-order valence-corrected chi connectivity index (χ4v) is 1.60. The van der Waals surface area contributed by atoms with Gasteiger partial charge >= 0.3 is 26.2 Å². The van der Waals surface area contributed by atoms with E-state index in [0.29, 0.717) is 5.92 Å². The van der Waals surface area contributed by atoms with Gasteiger partial charge in [-0.1, -0.05) is 58.4 Å². The largest absolute Gasteiger partial charge is 3.00 e. The van der Waals surface area contributed by atoms with Gasteiger partial charge < -0.3 is 16.0 Å². The van der Waals surface area contributed by atoms with Gasteiger partial charge in [0.25, 0.3) is 0 Å². The predicted molar refractivity (Wildman–Crippen MR) is 94.0 cm³/mol. The summed E-state index contributed by atoms with van der Waals surface area (Å²) in [7, 11) is 1.88. The maximum atomic E-state index is 4.05. The first-order chi connectivity index (χ1) is 9.76. The van der Waals surface area contributed by atoms with E-state index < -0.39 is 0 Å². The van der Waals surface area contributed by atoms with Crippen molar-refractivity contribution in [3.63, 3.8) is 0 Å². The second kappa shape index (κ2) is 25.2. The van der Waals surface area contributed by atoms with Crippen molar-refractivity contribution in [2.24, 2.45) is 5.92 Å². The zero-order chi connectivity index (χ0) is 15.5. The summed E-state index contributed by atoms with van der Waals surface area (Å²) in [6.45, 7) is 13.1. The van der Waals surface area contributed by atoms with E-state index >= 15 is 0 Å². The van der Waals surface area contributed by atoms with E-state index in [-0.39, 0.29) is 26.2 Å². The third-order valence-corrected chi connectivity index (χ3v) is 2.64. The van der Waals surface area contributed by atoms with Crippen LogP contribution in [0.3, 0.4) is 0 Å². The van der Waals surface area contributed by atoms with Gasteiger partial charge in [0.2, 0.25) is 0 Å². The van der Waals surface area contributed by atoms with E-state index in [1.54, 1.807) is 0 Å². The van der Waals surface area contributed by atoms with Crippen molar-refractivity contribution in [3.05, 3.63) is 40.3 Å². The minimum Gasteiger partial charge on any atom is -0.665 e. The van der Waals surface area contributed by atoms with Crippen LogP contribution in [0.2, 0.25) is 0 Å². The van der Waals surface area contributed by atoms with Crippen LogP contribution >= 0.6 is 0 Å². The fraction of sp³-hybridized carbons (Fsp3) is 0.765. The van der Waals surface area contributed by atoms with Gasteiger partial charge in [0.15, 0.2) is 0 Å². The van der Waals surface area contributed by atoms with Gasteiger partial charge in [0, 0.05) is 0 Å². The van der Waals surface area contributed by atoms with E-state index in [1.165, 1.54) is 12.8 Å². The molecular formula is C17H34N3Zr. The molecule has 1 rings (SSSR count). The molecule has 0 saturated carbocycles. The molecule has 0 amide bonds. The summed E-state index contributed by atoms with van der Waals surface area (Å²) in [5, 5.41) is 12.0. The predicted octanol–water partition coefficient (Wildman–Crippen LogP) is 5.31. The third kappa shape index (κ3) is 25.5. The van der Waals surface area contributed by atoms with Gasteiger partial charge in [0.05, 0.1) is 0 Å². The Morgan fingerprint density at radius 3 is 1.52 bits per heavy atom. The quantitative estimate of drug-likeness (QED) is 0.519. The first-order valence-corrected chi connectivity index (χ1v) is 7.93. The zero-order valence-electron chi connectivity index (χ0n) is 14.7. The Balaban J connectivity index is -0.000000254. The Hall–Kier alpha value is 0.243. The Kier molecular flexibility index (Phi) is 31.4. The molecule has 21 heavy (non-hydrogen) atoms. The van der Waals surface area contributed by atoms with Gasteiger partial charge in [-0.15, -0.1) is 6.54 Å². The molecule has 0 unspecified atom stereocenters. The van der Waals surface area contributed by atoms with E-state index in [0.717, 1.165) is 32.7 Å². The van der Waals surface area contributed by atoms with Crippen LogP contribution in [0.1, 0.15) is 40.5 Å². The van der Waals surface area contributed by atoms with Crippen LogP contribution < -0.4 is 0 Å². The average molecular weight is 372 g/mol. The SMILES string of the molecule is CC[N-]CC.CC[N-]CC.C[N-]CCCC1C=CC=C1.[Zr+3]. The Morgan fingerprint density at radius 2 is 1.24 bits per heavy atom. The molecule has 0 aromatic rings. The van der Waals surface area contributed by atoms with Crippen LogP contribution in [0.15, 0.2) is 24.3 Å². The van der Waals surface area contributed by atoms with E-state index in [4.69, 9.17) is 0 Å². The number of hydrogen-bond acceptors (Lipinski definition) is 0. The summed E-state index contributed by atoms with van der Waals surface area (Å²) in [4.78, 5) is 0. The first-order valence-electron chi connectivity index (χ1n) is 7.93. The van der Waals surface area contributed by atoms with Crippen LogP contribution in [-0.4, -0.2) is 39.8 Å². The van der Waals surface area contributed by atoms with Crippen molar-refractivity contribution in [1.82, 2.24) is 0 Å². The van der Waals surface area contributed by atoms with Crippen LogP contribution in [0.4, 0.5) is 0 Å². The smallest absolute Gasteiger partial charge is 0.665 e. The van der Waals surface area contributed by atoms with Crippen molar-refractivity contribution >= 4 is 0 Å². The molecule has 121 valence electrons. The zero-order valence-corrected chi connectivity index (χ0v) is 17.1. The van der Waals surface area contributed by atoms with Gasteiger partial charge in [-0.05, 0) is 12.3 Å². The molecule has 1 aliphatic rings. The van der Waals surface area contributed by atoms with Crippen molar-refractivity contribution in [2.45, 2.75) is 40.5 Å². The van der Waals surface area contributed by atoms with Gasteiger partial charge in [-0.3, -0.25) is 0 Å². The van der Waals surface area contributed by atoms with Crippen LogP contribution in [0.5, 0.6) is 0 Å². The van der Waals surface area contributed by atoms with Gasteiger partial charge in [-0.25, -0.2) is 0 Å².